The van der Waals surface area contributed by atoms with Crippen molar-refractivity contribution in [1.82, 2.24) is 15.4 Å². The van der Waals surface area contributed by atoms with Gasteiger partial charge in [-0.25, -0.2) is 4.79 Å². The number of piperidine rings is 1. The summed E-state index contributed by atoms with van der Waals surface area (Å²) >= 11 is 0. The molecule has 1 aromatic carbocycles. The first kappa shape index (κ1) is 18.0. The maximum atomic E-state index is 12.2. The highest BCUT2D eigenvalue weighted by Gasteiger charge is 2.24. The molecule has 2 heterocycles. The number of benzene rings is 1. The predicted octanol–water partition coefficient (Wildman–Crippen LogP) is 2.62. The molecule has 26 heavy (non-hydrogen) atoms. The van der Waals surface area contributed by atoms with E-state index < -0.39 is 0 Å². The van der Waals surface area contributed by atoms with Crippen LogP contribution in [0, 0.1) is 0 Å². The van der Waals surface area contributed by atoms with Gasteiger partial charge in [0.15, 0.2) is 5.76 Å². The minimum Gasteiger partial charge on any atom is -0.450 e. The van der Waals surface area contributed by atoms with Crippen LogP contribution >= 0.6 is 0 Å². The summed E-state index contributed by atoms with van der Waals surface area (Å²) in [6, 6.07) is 11.5. The number of amides is 2. The molecule has 1 aliphatic heterocycles. The smallest absolute Gasteiger partial charge is 0.409 e. The third kappa shape index (κ3) is 4.62. The molecule has 0 saturated carbocycles. The fourth-order valence-electron chi connectivity index (χ4n) is 3.00. The molecular formula is C19H23N3O4. The van der Waals surface area contributed by atoms with Crippen molar-refractivity contribution in [3.05, 3.63) is 42.1 Å². The molecule has 0 aliphatic carbocycles. The number of ether oxygens (including phenoxy) is 1. The van der Waals surface area contributed by atoms with Gasteiger partial charge in [0.2, 0.25) is 5.91 Å². The van der Waals surface area contributed by atoms with Gasteiger partial charge >= 0.3 is 6.09 Å². The average molecular weight is 357 g/mol. The SMILES string of the molecule is CCOC(=O)N1CCC(NC(=O)Cc2cc(-c3ccccc3)on2)CC1. The summed E-state index contributed by atoms with van der Waals surface area (Å²) in [5.41, 5.74) is 1.53. The third-order valence-electron chi connectivity index (χ3n) is 4.35. The van der Waals surface area contributed by atoms with Crippen molar-refractivity contribution in [2.24, 2.45) is 0 Å². The number of hydrogen-bond acceptors (Lipinski definition) is 5. The van der Waals surface area contributed by atoms with Crippen LogP contribution in [0.5, 0.6) is 0 Å². The number of aromatic nitrogens is 1. The zero-order valence-electron chi connectivity index (χ0n) is 14.8. The number of nitrogens with one attached hydrogen (secondary N) is 1. The Morgan fingerprint density at radius 2 is 2.00 bits per heavy atom. The monoisotopic (exact) mass is 357 g/mol. The molecule has 0 bridgehead atoms. The number of carbonyl (C=O) groups is 2. The Morgan fingerprint density at radius 1 is 1.27 bits per heavy atom. The molecule has 1 saturated heterocycles. The number of carbonyl (C=O) groups excluding carboxylic acids is 2. The molecule has 138 valence electrons. The van der Waals surface area contributed by atoms with Gasteiger partial charge in [-0.15, -0.1) is 0 Å². The van der Waals surface area contributed by atoms with E-state index in [4.69, 9.17) is 9.26 Å². The molecule has 3 rings (SSSR count). The normalized spacial score (nSPS) is 14.9. The second-order valence-electron chi connectivity index (χ2n) is 6.25. The fourth-order valence-corrected chi connectivity index (χ4v) is 3.00. The van der Waals surface area contributed by atoms with Crippen LogP contribution in [0.15, 0.2) is 40.9 Å². The number of nitrogens with zero attached hydrogens (tertiary/aromatic N) is 2. The van der Waals surface area contributed by atoms with Crippen molar-refractivity contribution in [2.75, 3.05) is 19.7 Å². The van der Waals surface area contributed by atoms with E-state index in [2.05, 4.69) is 10.5 Å². The zero-order valence-corrected chi connectivity index (χ0v) is 14.8. The van der Waals surface area contributed by atoms with Gasteiger partial charge in [0.1, 0.15) is 0 Å². The minimum absolute atomic E-state index is 0.0636. The third-order valence-corrected chi connectivity index (χ3v) is 4.35. The lowest BCUT2D eigenvalue weighted by molar-refractivity contribution is -0.121. The second kappa shape index (κ2) is 8.51. The zero-order chi connectivity index (χ0) is 18.4. The van der Waals surface area contributed by atoms with E-state index in [1.54, 1.807) is 17.9 Å². The van der Waals surface area contributed by atoms with Gasteiger partial charge in [-0.1, -0.05) is 35.5 Å². The summed E-state index contributed by atoms with van der Waals surface area (Å²) in [4.78, 5) is 25.6. The van der Waals surface area contributed by atoms with Crippen molar-refractivity contribution in [2.45, 2.75) is 32.2 Å². The molecule has 0 spiro atoms. The van der Waals surface area contributed by atoms with Crippen LogP contribution < -0.4 is 5.32 Å². The molecule has 0 radical (unpaired) electrons. The highest BCUT2D eigenvalue weighted by atomic mass is 16.6. The van der Waals surface area contributed by atoms with Crippen molar-refractivity contribution in [3.8, 4) is 11.3 Å². The predicted molar refractivity (Wildman–Crippen MR) is 95.4 cm³/mol. The van der Waals surface area contributed by atoms with E-state index in [1.807, 2.05) is 30.3 Å². The van der Waals surface area contributed by atoms with E-state index in [9.17, 15) is 9.59 Å². The summed E-state index contributed by atoms with van der Waals surface area (Å²) in [6.07, 6.45) is 1.33. The van der Waals surface area contributed by atoms with Crippen molar-refractivity contribution in [3.63, 3.8) is 0 Å². The number of rotatable bonds is 5. The molecule has 2 amide bonds. The summed E-state index contributed by atoms with van der Waals surface area (Å²) in [5, 5.41) is 6.98. The Hall–Kier alpha value is -2.83. The van der Waals surface area contributed by atoms with E-state index >= 15 is 0 Å². The first-order chi connectivity index (χ1) is 12.7. The van der Waals surface area contributed by atoms with Crippen LogP contribution in [-0.4, -0.2) is 47.8 Å². The van der Waals surface area contributed by atoms with Gasteiger partial charge in [0.05, 0.1) is 18.7 Å². The lowest BCUT2D eigenvalue weighted by Crippen LogP contribution is -2.47. The fraction of sp³-hybridized carbons (Fsp3) is 0.421. The second-order valence-corrected chi connectivity index (χ2v) is 6.25. The van der Waals surface area contributed by atoms with Gasteiger partial charge in [0.25, 0.3) is 0 Å². The molecule has 1 aromatic heterocycles. The molecule has 0 atom stereocenters. The minimum atomic E-state index is -0.284. The quantitative estimate of drug-likeness (QED) is 0.889. The lowest BCUT2D eigenvalue weighted by Gasteiger charge is -2.31. The molecule has 7 heteroatoms. The highest BCUT2D eigenvalue weighted by Crippen LogP contribution is 2.20. The topological polar surface area (TPSA) is 84.7 Å². The molecule has 1 aliphatic rings. The molecule has 2 aromatic rings. The summed E-state index contributed by atoms with van der Waals surface area (Å²) in [5.74, 6) is 0.559. The van der Waals surface area contributed by atoms with Crippen LogP contribution in [-0.2, 0) is 16.0 Å². The van der Waals surface area contributed by atoms with Crippen LogP contribution in [0.1, 0.15) is 25.5 Å². The number of hydrogen-bond donors (Lipinski definition) is 1. The van der Waals surface area contributed by atoms with Gasteiger partial charge in [-0.2, -0.15) is 0 Å². The Bertz CT molecular complexity index is 736. The molecule has 0 unspecified atom stereocenters. The summed E-state index contributed by atoms with van der Waals surface area (Å²) in [7, 11) is 0. The van der Waals surface area contributed by atoms with E-state index in [0.717, 1.165) is 18.4 Å². The van der Waals surface area contributed by atoms with E-state index in [-0.39, 0.29) is 24.5 Å². The highest BCUT2D eigenvalue weighted by molar-refractivity contribution is 5.78. The molecule has 7 nitrogen and oxygen atoms in total. The maximum absolute atomic E-state index is 12.2. The Balaban J connectivity index is 1.47. The first-order valence-corrected chi connectivity index (χ1v) is 8.87. The van der Waals surface area contributed by atoms with Gasteiger partial charge in [0, 0.05) is 30.8 Å². The first-order valence-electron chi connectivity index (χ1n) is 8.87. The van der Waals surface area contributed by atoms with E-state index in [0.29, 0.717) is 31.2 Å². The summed E-state index contributed by atoms with van der Waals surface area (Å²) < 4.78 is 10.3. The lowest BCUT2D eigenvalue weighted by atomic mass is 10.1. The Labute approximate surface area is 152 Å². The summed E-state index contributed by atoms with van der Waals surface area (Å²) in [6.45, 7) is 3.34. The molecule has 1 fully saturated rings. The standard InChI is InChI=1S/C19H23N3O4/c1-2-25-19(24)22-10-8-15(9-11-22)20-18(23)13-16-12-17(26-21-16)14-6-4-3-5-7-14/h3-7,12,15H,2,8-11,13H2,1H3,(H,20,23). The van der Waals surface area contributed by atoms with Crippen LogP contribution in [0.3, 0.4) is 0 Å². The van der Waals surface area contributed by atoms with Gasteiger partial charge in [-0.05, 0) is 19.8 Å². The van der Waals surface area contributed by atoms with Crippen LogP contribution in [0.2, 0.25) is 0 Å². The molecule has 1 N–H and O–H groups in total. The largest absolute Gasteiger partial charge is 0.450 e. The average Bonchev–Trinajstić information content (AvgIpc) is 3.11. The number of likely N-dealkylation sites (tertiary alicyclic amines) is 1. The van der Waals surface area contributed by atoms with Crippen LogP contribution in [0.25, 0.3) is 11.3 Å². The van der Waals surface area contributed by atoms with Crippen molar-refractivity contribution < 1.29 is 18.8 Å². The van der Waals surface area contributed by atoms with Gasteiger partial charge < -0.3 is 19.5 Å². The molecular weight excluding hydrogens is 334 g/mol. The van der Waals surface area contributed by atoms with E-state index in [1.165, 1.54) is 0 Å². The maximum Gasteiger partial charge on any atom is 0.409 e. The van der Waals surface area contributed by atoms with Gasteiger partial charge in [-0.3, -0.25) is 4.79 Å². The Kier molecular flexibility index (Phi) is 5.88. The van der Waals surface area contributed by atoms with Crippen LogP contribution in [0.4, 0.5) is 4.79 Å². The van der Waals surface area contributed by atoms with Crippen molar-refractivity contribution >= 4 is 12.0 Å². The van der Waals surface area contributed by atoms with Crippen molar-refractivity contribution in [1.29, 1.82) is 0 Å². The Morgan fingerprint density at radius 3 is 2.69 bits per heavy atom.